The third-order valence-corrected chi connectivity index (χ3v) is 5.39. The van der Waals surface area contributed by atoms with Gasteiger partial charge in [-0.15, -0.1) is 0 Å². The van der Waals surface area contributed by atoms with Crippen LogP contribution < -0.4 is 16.0 Å². The van der Waals surface area contributed by atoms with E-state index >= 15 is 0 Å². The summed E-state index contributed by atoms with van der Waals surface area (Å²) in [6.45, 7) is 0. The van der Waals surface area contributed by atoms with E-state index in [1.807, 2.05) is 60.7 Å². The smallest absolute Gasteiger partial charge is 0.255 e. The van der Waals surface area contributed by atoms with Crippen LogP contribution in [-0.4, -0.2) is 15.9 Å². The summed E-state index contributed by atoms with van der Waals surface area (Å²) in [6.07, 6.45) is 5.15. The van der Waals surface area contributed by atoms with Gasteiger partial charge >= 0.3 is 0 Å². The molecule has 0 aliphatic rings. The van der Waals surface area contributed by atoms with E-state index in [0.29, 0.717) is 22.6 Å². The second-order valence-corrected chi connectivity index (χ2v) is 7.81. The number of hydrogen-bond acceptors (Lipinski definition) is 6. The lowest BCUT2D eigenvalue weighted by Crippen LogP contribution is -2.12. The van der Waals surface area contributed by atoms with Crippen LogP contribution in [0.2, 0.25) is 0 Å². The van der Waals surface area contributed by atoms with Gasteiger partial charge in [0.15, 0.2) is 0 Å². The van der Waals surface area contributed by atoms with Crippen molar-refractivity contribution in [2.24, 2.45) is 0 Å². The summed E-state index contributed by atoms with van der Waals surface area (Å²) < 4.78 is 0. The van der Waals surface area contributed by atoms with E-state index in [0.717, 1.165) is 27.8 Å². The number of nitriles is 1. The molecule has 5 rings (SSSR count). The third kappa shape index (κ3) is 5.07. The number of amides is 1. The quantitative estimate of drug-likeness (QED) is 0.279. The van der Waals surface area contributed by atoms with Crippen molar-refractivity contribution in [2.75, 3.05) is 16.0 Å². The van der Waals surface area contributed by atoms with Gasteiger partial charge in [-0.3, -0.25) is 9.78 Å². The Bertz CT molecular complexity index is 1540. The molecule has 2 aromatic heterocycles. The summed E-state index contributed by atoms with van der Waals surface area (Å²) in [5, 5.41) is 20.5. The Morgan fingerprint density at radius 3 is 2.31 bits per heavy atom. The summed E-state index contributed by atoms with van der Waals surface area (Å²) in [7, 11) is 0. The molecule has 0 radical (unpaired) electrons. The van der Waals surface area contributed by atoms with E-state index in [-0.39, 0.29) is 5.91 Å². The number of nitrogens with one attached hydrogen (secondary N) is 3. The number of nitrogens with zero attached hydrogens (tertiary/aromatic N) is 3. The molecule has 3 N–H and O–H groups in total. The molecule has 35 heavy (non-hydrogen) atoms. The van der Waals surface area contributed by atoms with Crippen LogP contribution in [0.25, 0.3) is 10.8 Å². The number of pyridine rings is 2. The number of rotatable bonds is 6. The maximum absolute atomic E-state index is 12.9. The van der Waals surface area contributed by atoms with Crippen LogP contribution in [0, 0.1) is 11.3 Å². The first-order chi connectivity index (χ1) is 17.2. The lowest BCUT2D eigenvalue weighted by Gasteiger charge is -2.11. The summed E-state index contributed by atoms with van der Waals surface area (Å²) in [4.78, 5) is 21.3. The van der Waals surface area contributed by atoms with Crippen molar-refractivity contribution >= 4 is 45.2 Å². The molecule has 1 amide bonds. The molecule has 168 valence electrons. The van der Waals surface area contributed by atoms with E-state index in [9.17, 15) is 10.1 Å². The number of carbonyl (C=O) groups is 1. The highest BCUT2D eigenvalue weighted by molar-refractivity contribution is 6.05. The van der Waals surface area contributed by atoms with Crippen molar-refractivity contribution in [1.82, 2.24) is 9.97 Å². The van der Waals surface area contributed by atoms with Crippen molar-refractivity contribution in [3.8, 4) is 6.07 Å². The standard InChI is InChI=1S/C28H20N6O/c29-18-19-4-5-20-10-15-31-27(26(20)16-19)33-25-3-1-2-21(17-25)28(35)34-23-8-6-22(7-9-23)32-24-11-13-30-14-12-24/h1-17H,(H,30,32)(H,31,33)(H,34,35). The lowest BCUT2D eigenvalue weighted by molar-refractivity contribution is 0.102. The van der Waals surface area contributed by atoms with Gasteiger partial charge < -0.3 is 16.0 Å². The number of fused-ring (bicyclic) bond motifs is 1. The number of aromatic nitrogens is 2. The Hall–Kier alpha value is -5.22. The molecular weight excluding hydrogens is 436 g/mol. The minimum atomic E-state index is -0.221. The highest BCUT2D eigenvalue weighted by atomic mass is 16.1. The van der Waals surface area contributed by atoms with Gasteiger partial charge in [-0.2, -0.15) is 5.26 Å². The predicted molar refractivity (Wildman–Crippen MR) is 138 cm³/mol. The zero-order valence-electron chi connectivity index (χ0n) is 18.6. The summed E-state index contributed by atoms with van der Waals surface area (Å²) >= 11 is 0. The van der Waals surface area contributed by atoms with Gasteiger partial charge in [0, 0.05) is 52.3 Å². The highest BCUT2D eigenvalue weighted by Crippen LogP contribution is 2.26. The normalized spacial score (nSPS) is 10.4. The molecular formula is C28H20N6O. The van der Waals surface area contributed by atoms with Crippen LogP contribution in [0.15, 0.2) is 104 Å². The highest BCUT2D eigenvalue weighted by Gasteiger charge is 2.09. The van der Waals surface area contributed by atoms with Crippen LogP contribution in [0.5, 0.6) is 0 Å². The predicted octanol–water partition coefficient (Wildman–Crippen LogP) is 6.24. The molecule has 0 aliphatic heterocycles. The van der Waals surface area contributed by atoms with E-state index in [2.05, 4.69) is 32.0 Å². The van der Waals surface area contributed by atoms with Gasteiger partial charge in [-0.1, -0.05) is 12.1 Å². The molecule has 0 atom stereocenters. The van der Waals surface area contributed by atoms with Crippen LogP contribution >= 0.6 is 0 Å². The number of carbonyl (C=O) groups excluding carboxylic acids is 1. The lowest BCUT2D eigenvalue weighted by atomic mass is 10.1. The Kier molecular flexibility index (Phi) is 6.01. The van der Waals surface area contributed by atoms with Gasteiger partial charge in [-0.05, 0) is 78.2 Å². The molecule has 0 unspecified atom stereocenters. The van der Waals surface area contributed by atoms with Crippen molar-refractivity contribution in [1.29, 1.82) is 5.26 Å². The molecule has 7 nitrogen and oxygen atoms in total. The first-order valence-corrected chi connectivity index (χ1v) is 10.9. The average Bonchev–Trinajstić information content (AvgIpc) is 2.90. The average molecular weight is 457 g/mol. The molecule has 0 fully saturated rings. The molecule has 0 bridgehead atoms. The topological polar surface area (TPSA) is 103 Å². The Morgan fingerprint density at radius 2 is 1.51 bits per heavy atom. The van der Waals surface area contributed by atoms with E-state index in [1.165, 1.54) is 0 Å². The van der Waals surface area contributed by atoms with E-state index in [1.54, 1.807) is 42.9 Å². The van der Waals surface area contributed by atoms with Crippen LogP contribution in [0.3, 0.4) is 0 Å². The summed E-state index contributed by atoms with van der Waals surface area (Å²) in [6, 6.07) is 28.0. The fourth-order valence-electron chi connectivity index (χ4n) is 3.65. The summed E-state index contributed by atoms with van der Waals surface area (Å²) in [5.74, 6) is 0.399. The second kappa shape index (κ2) is 9.73. The van der Waals surface area contributed by atoms with Crippen molar-refractivity contribution in [3.63, 3.8) is 0 Å². The second-order valence-electron chi connectivity index (χ2n) is 7.81. The van der Waals surface area contributed by atoms with Gasteiger partial charge in [0.2, 0.25) is 0 Å². The maximum atomic E-state index is 12.9. The first-order valence-electron chi connectivity index (χ1n) is 10.9. The molecule has 5 aromatic rings. The Balaban J connectivity index is 1.30. The monoisotopic (exact) mass is 456 g/mol. The molecule has 7 heteroatoms. The van der Waals surface area contributed by atoms with Crippen LogP contribution in [0.1, 0.15) is 15.9 Å². The Morgan fingerprint density at radius 1 is 0.743 bits per heavy atom. The van der Waals surface area contributed by atoms with Crippen LogP contribution in [0.4, 0.5) is 28.6 Å². The third-order valence-electron chi connectivity index (χ3n) is 5.39. The SMILES string of the molecule is N#Cc1ccc2ccnc(Nc3cccc(C(=O)Nc4ccc(Nc5ccncc5)cc4)c3)c2c1. The Labute approximate surface area is 202 Å². The first kappa shape index (κ1) is 21.6. The number of benzene rings is 3. The van der Waals surface area contributed by atoms with Crippen LogP contribution in [-0.2, 0) is 0 Å². The fourth-order valence-corrected chi connectivity index (χ4v) is 3.65. The minimum Gasteiger partial charge on any atom is -0.355 e. The van der Waals surface area contributed by atoms with Gasteiger partial charge in [0.25, 0.3) is 5.91 Å². The minimum absolute atomic E-state index is 0.221. The zero-order valence-corrected chi connectivity index (χ0v) is 18.6. The molecule has 0 saturated heterocycles. The number of anilines is 5. The largest absolute Gasteiger partial charge is 0.355 e. The molecule has 0 spiro atoms. The summed E-state index contributed by atoms with van der Waals surface area (Å²) in [5.41, 5.74) is 4.31. The van der Waals surface area contributed by atoms with Gasteiger partial charge in [0.05, 0.1) is 11.6 Å². The number of hydrogen-bond donors (Lipinski definition) is 3. The van der Waals surface area contributed by atoms with Crippen molar-refractivity contribution in [3.05, 3.63) is 115 Å². The van der Waals surface area contributed by atoms with Crippen molar-refractivity contribution < 1.29 is 4.79 Å². The molecule has 2 heterocycles. The maximum Gasteiger partial charge on any atom is 0.255 e. The van der Waals surface area contributed by atoms with E-state index < -0.39 is 0 Å². The zero-order chi connectivity index (χ0) is 24.0. The fraction of sp³-hybridized carbons (Fsp3) is 0. The van der Waals surface area contributed by atoms with Gasteiger partial charge in [-0.25, -0.2) is 4.98 Å². The molecule has 0 saturated carbocycles. The van der Waals surface area contributed by atoms with Crippen molar-refractivity contribution in [2.45, 2.75) is 0 Å². The molecule has 0 aliphatic carbocycles. The van der Waals surface area contributed by atoms with Gasteiger partial charge in [0.1, 0.15) is 5.82 Å². The van der Waals surface area contributed by atoms with E-state index in [4.69, 9.17) is 0 Å². The molecule has 3 aromatic carbocycles.